The number of halogens is 1. The van der Waals surface area contributed by atoms with Crippen molar-refractivity contribution in [1.29, 1.82) is 0 Å². The van der Waals surface area contributed by atoms with Crippen molar-refractivity contribution in [3.05, 3.63) is 59.4 Å². The molecule has 0 aromatic heterocycles. The third-order valence-corrected chi connectivity index (χ3v) is 6.53. The molecule has 1 fully saturated rings. The van der Waals surface area contributed by atoms with E-state index < -0.39 is 21.7 Å². The highest BCUT2D eigenvalue weighted by atomic mass is 32.2. The molecule has 1 saturated heterocycles. The van der Waals surface area contributed by atoms with Gasteiger partial charge in [0.1, 0.15) is 5.82 Å². The van der Waals surface area contributed by atoms with Gasteiger partial charge in [0.2, 0.25) is 10.0 Å². The lowest BCUT2D eigenvalue weighted by Crippen LogP contribution is -2.36. The highest BCUT2D eigenvalue weighted by molar-refractivity contribution is 7.89. The minimum Gasteiger partial charge on any atom is -0.322 e. The van der Waals surface area contributed by atoms with E-state index >= 15 is 0 Å². The van der Waals surface area contributed by atoms with Gasteiger partial charge in [0.05, 0.1) is 4.90 Å². The van der Waals surface area contributed by atoms with Gasteiger partial charge in [-0.15, -0.1) is 0 Å². The molecule has 0 radical (unpaired) electrons. The molecule has 1 heterocycles. The van der Waals surface area contributed by atoms with Gasteiger partial charge in [0.15, 0.2) is 0 Å². The van der Waals surface area contributed by atoms with Gasteiger partial charge < -0.3 is 5.32 Å². The maximum atomic E-state index is 13.0. The Balaban J connectivity index is 1.87. The van der Waals surface area contributed by atoms with Crippen LogP contribution in [0.15, 0.2) is 47.4 Å². The summed E-state index contributed by atoms with van der Waals surface area (Å²) in [5, 5.41) is 2.65. The number of benzene rings is 2. The first kappa shape index (κ1) is 18.5. The highest BCUT2D eigenvalue weighted by Crippen LogP contribution is 2.24. The van der Waals surface area contributed by atoms with Crippen LogP contribution in [0.25, 0.3) is 0 Å². The van der Waals surface area contributed by atoms with Crippen LogP contribution in [0, 0.1) is 12.7 Å². The minimum atomic E-state index is -3.62. The molecule has 2 aromatic carbocycles. The molecule has 0 saturated carbocycles. The van der Waals surface area contributed by atoms with E-state index in [1.165, 1.54) is 34.6 Å². The predicted molar refractivity (Wildman–Crippen MR) is 98.1 cm³/mol. The quantitative estimate of drug-likeness (QED) is 0.887. The number of carbonyl (C=O) groups is 1. The predicted octanol–water partition coefficient (Wildman–Crippen LogP) is 3.56. The van der Waals surface area contributed by atoms with Gasteiger partial charge >= 0.3 is 0 Å². The van der Waals surface area contributed by atoms with Gasteiger partial charge in [-0.3, -0.25) is 4.79 Å². The number of rotatable bonds is 4. The van der Waals surface area contributed by atoms with Gasteiger partial charge in [-0.05, 0) is 61.7 Å². The maximum absolute atomic E-state index is 13.0. The third-order valence-electron chi connectivity index (χ3n) is 4.49. The van der Waals surface area contributed by atoms with Crippen molar-refractivity contribution in [2.24, 2.45) is 0 Å². The molecule has 2 aromatic rings. The number of carbonyl (C=O) groups excluding carboxylic acids is 1. The van der Waals surface area contributed by atoms with E-state index in [2.05, 4.69) is 5.32 Å². The topological polar surface area (TPSA) is 66.5 Å². The van der Waals surface area contributed by atoms with E-state index in [1.54, 1.807) is 19.1 Å². The van der Waals surface area contributed by atoms with Crippen LogP contribution in [0.3, 0.4) is 0 Å². The average molecular weight is 376 g/mol. The summed E-state index contributed by atoms with van der Waals surface area (Å²) >= 11 is 0. The first-order valence-corrected chi connectivity index (χ1v) is 10.00. The van der Waals surface area contributed by atoms with Crippen molar-refractivity contribution in [2.45, 2.75) is 31.1 Å². The van der Waals surface area contributed by atoms with E-state index in [4.69, 9.17) is 0 Å². The van der Waals surface area contributed by atoms with Crippen LogP contribution < -0.4 is 5.32 Å². The summed E-state index contributed by atoms with van der Waals surface area (Å²) < 4.78 is 40.3. The fourth-order valence-corrected chi connectivity index (χ4v) is 4.77. The molecule has 1 amide bonds. The summed E-state index contributed by atoms with van der Waals surface area (Å²) in [5.41, 5.74) is 1.29. The van der Waals surface area contributed by atoms with Crippen molar-refractivity contribution in [3.63, 3.8) is 0 Å². The molecule has 26 heavy (non-hydrogen) atoms. The zero-order valence-corrected chi connectivity index (χ0v) is 15.4. The van der Waals surface area contributed by atoms with E-state index in [9.17, 15) is 17.6 Å². The second kappa shape index (κ2) is 7.55. The molecule has 0 bridgehead atoms. The standard InChI is InChI=1S/C19H21FN2O3S/c1-14-5-6-15(19(23)21-17-9-7-16(20)8-10-17)13-18(14)26(24,25)22-11-3-2-4-12-22/h5-10,13H,2-4,11-12H2,1H3,(H,21,23). The molecule has 3 rings (SSSR count). The summed E-state index contributed by atoms with van der Waals surface area (Å²) in [5.74, 6) is -0.833. The van der Waals surface area contributed by atoms with E-state index in [0.717, 1.165) is 19.3 Å². The Morgan fingerprint density at radius 1 is 1.04 bits per heavy atom. The highest BCUT2D eigenvalue weighted by Gasteiger charge is 2.28. The van der Waals surface area contributed by atoms with Gasteiger partial charge in [-0.1, -0.05) is 12.5 Å². The Hall–Kier alpha value is -2.25. The van der Waals surface area contributed by atoms with Gasteiger partial charge in [0, 0.05) is 24.3 Å². The van der Waals surface area contributed by atoms with Crippen molar-refractivity contribution >= 4 is 21.6 Å². The number of hydrogen-bond donors (Lipinski definition) is 1. The van der Waals surface area contributed by atoms with Crippen LogP contribution in [-0.4, -0.2) is 31.7 Å². The Morgan fingerprint density at radius 3 is 2.35 bits per heavy atom. The van der Waals surface area contributed by atoms with Crippen molar-refractivity contribution in [2.75, 3.05) is 18.4 Å². The zero-order chi connectivity index (χ0) is 18.7. The lowest BCUT2D eigenvalue weighted by atomic mass is 10.1. The van der Waals surface area contributed by atoms with Crippen molar-refractivity contribution in [1.82, 2.24) is 4.31 Å². The smallest absolute Gasteiger partial charge is 0.255 e. The number of nitrogens with one attached hydrogen (secondary N) is 1. The first-order chi connectivity index (χ1) is 12.4. The van der Waals surface area contributed by atoms with E-state index in [-0.39, 0.29) is 10.5 Å². The molecule has 0 unspecified atom stereocenters. The van der Waals surface area contributed by atoms with Crippen molar-refractivity contribution in [3.8, 4) is 0 Å². The maximum Gasteiger partial charge on any atom is 0.255 e. The lowest BCUT2D eigenvalue weighted by Gasteiger charge is -2.26. The van der Waals surface area contributed by atoms with Crippen LogP contribution in [0.2, 0.25) is 0 Å². The fourth-order valence-electron chi connectivity index (χ4n) is 3.00. The SMILES string of the molecule is Cc1ccc(C(=O)Nc2ccc(F)cc2)cc1S(=O)(=O)N1CCCCC1. The second-order valence-corrected chi connectivity index (χ2v) is 8.31. The van der Waals surface area contributed by atoms with Gasteiger partial charge in [-0.2, -0.15) is 4.31 Å². The minimum absolute atomic E-state index is 0.158. The molecular formula is C19H21FN2O3S. The molecule has 0 aliphatic carbocycles. The summed E-state index contributed by atoms with van der Waals surface area (Å²) in [7, 11) is -3.62. The molecule has 1 aliphatic rings. The van der Waals surface area contributed by atoms with Crippen molar-refractivity contribution < 1.29 is 17.6 Å². The number of hydrogen-bond acceptors (Lipinski definition) is 3. The number of anilines is 1. The molecule has 138 valence electrons. The molecule has 1 N–H and O–H groups in total. The Bertz CT molecular complexity index is 905. The summed E-state index contributed by atoms with van der Waals surface area (Å²) in [6.07, 6.45) is 2.73. The summed E-state index contributed by atoms with van der Waals surface area (Å²) in [4.78, 5) is 12.6. The van der Waals surface area contributed by atoms with Crippen LogP contribution >= 0.6 is 0 Å². The number of sulfonamides is 1. The Kier molecular flexibility index (Phi) is 5.38. The molecule has 7 heteroatoms. The number of aryl methyl sites for hydroxylation is 1. The van der Waals surface area contributed by atoms with Crippen LogP contribution in [0.1, 0.15) is 35.2 Å². The molecule has 0 atom stereocenters. The lowest BCUT2D eigenvalue weighted by molar-refractivity contribution is 0.102. The Morgan fingerprint density at radius 2 is 1.69 bits per heavy atom. The third kappa shape index (κ3) is 3.94. The van der Waals surface area contributed by atoms with Gasteiger partial charge in [0.25, 0.3) is 5.91 Å². The van der Waals surface area contributed by atoms with Crippen LogP contribution in [0.4, 0.5) is 10.1 Å². The second-order valence-electron chi connectivity index (χ2n) is 6.41. The van der Waals surface area contributed by atoms with Crippen LogP contribution in [-0.2, 0) is 10.0 Å². The molecule has 5 nitrogen and oxygen atoms in total. The van der Waals surface area contributed by atoms with E-state index in [0.29, 0.717) is 24.3 Å². The number of amides is 1. The summed E-state index contributed by atoms with van der Waals surface area (Å²) in [6, 6.07) is 10.0. The van der Waals surface area contributed by atoms with E-state index in [1.807, 2.05) is 0 Å². The number of piperidine rings is 1. The molecule has 0 spiro atoms. The first-order valence-electron chi connectivity index (χ1n) is 8.55. The largest absolute Gasteiger partial charge is 0.322 e. The number of nitrogens with zero attached hydrogens (tertiary/aromatic N) is 1. The average Bonchev–Trinajstić information content (AvgIpc) is 2.64. The molecular weight excluding hydrogens is 355 g/mol. The van der Waals surface area contributed by atoms with Gasteiger partial charge in [-0.25, -0.2) is 12.8 Å². The fraction of sp³-hybridized carbons (Fsp3) is 0.316. The zero-order valence-electron chi connectivity index (χ0n) is 14.5. The summed E-state index contributed by atoms with van der Waals surface area (Å²) in [6.45, 7) is 2.74. The van der Waals surface area contributed by atoms with Crippen LogP contribution in [0.5, 0.6) is 0 Å². The molecule has 1 aliphatic heterocycles. The Labute approximate surface area is 152 Å². The normalized spacial score (nSPS) is 15.6. The monoisotopic (exact) mass is 376 g/mol.